The Balaban J connectivity index is 2.12. The Morgan fingerprint density at radius 3 is 1.08 bits per heavy atom. The second-order valence-corrected chi connectivity index (χ2v) is 20.5. The van der Waals surface area contributed by atoms with E-state index in [2.05, 4.69) is 13.8 Å². The van der Waals surface area contributed by atoms with E-state index in [1.54, 1.807) is 0 Å². The van der Waals surface area contributed by atoms with E-state index < -0.39 is 43.4 Å². The molecule has 0 amide bonds. The van der Waals surface area contributed by atoms with Gasteiger partial charge in [0.2, 0.25) is 0 Å². The first kappa shape index (κ1) is 63.2. The van der Waals surface area contributed by atoms with Gasteiger partial charge >= 0.3 is 5.97 Å². The fourth-order valence-electron chi connectivity index (χ4n) is 9.50. The second kappa shape index (κ2) is 49.2. The van der Waals surface area contributed by atoms with E-state index in [4.69, 9.17) is 18.9 Å². The number of unbranched alkanes of at least 4 members (excludes halogenated alkanes) is 41. The molecule has 0 aromatic heterocycles. The van der Waals surface area contributed by atoms with Gasteiger partial charge in [0.1, 0.15) is 30.5 Å². The van der Waals surface area contributed by atoms with Gasteiger partial charge in [-0.2, -0.15) is 0 Å². The quantitative estimate of drug-likeness (QED) is 0.0347. The average Bonchev–Trinajstić information content (AvgIpc) is 3.32. The van der Waals surface area contributed by atoms with Gasteiger partial charge in [0.15, 0.2) is 6.29 Å². The van der Waals surface area contributed by atoms with Crippen molar-refractivity contribution in [1.29, 1.82) is 0 Å². The predicted octanol–water partition coefficient (Wildman–Crippen LogP) is 14.9. The van der Waals surface area contributed by atoms with Gasteiger partial charge in [0.25, 0.3) is 0 Å². The van der Waals surface area contributed by atoms with Gasteiger partial charge in [0.05, 0.1) is 19.8 Å². The van der Waals surface area contributed by atoms with Crippen LogP contribution in [0, 0.1) is 0 Å². The van der Waals surface area contributed by atoms with Crippen LogP contribution in [0.15, 0.2) is 0 Å². The molecule has 0 bridgehead atoms. The summed E-state index contributed by atoms with van der Waals surface area (Å²) in [4.78, 5) is 12.9. The summed E-state index contributed by atoms with van der Waals surface area (Å²) in [7, 11) is 0. The van der Waals surface area contributed by atoms with Crippen LogP contribution in [0.5, 0.6) is 0 Å². The normalized spacial score (nSPS) is 19.2. The molecule has 0 spiro atoms. The molecule has 6 unspecified atom stereocenters. The molecule has 1 rings (SSSR count). The molecule has 66 heavy (non-hydrogen) atoms. The Morgan fingerprint density at radius 2 is 0.742 bits per heavy atom. The summed E-state index contributed by atoms with van der Waals surface area (Å²) in [6.07, 6.45) is 50.1. The number of hydrogen-bond acceptors (Lipinski definition) is 9. The molecule has 0 saturated carbocycles. The molecule has 1 aliphatic heterocycles. The lowest BCUT2D eigenvalue weighted by Gasteiger charge is -2.39. The standard InChI is InChI=1S/C57H112O9/c1-3-5-7-9-11-13-15-17-19-21-23-24-25-26-27-28-30-32-34-36-38-40-42-44-46-53(59)65-51(50-64-57-56(62)55(61)54(60)52(48-58)66-57)49-63-47-45-43-41-39-37-35-33-31-29-22-20-18-16-14-12-10-8-6-4-2/h51-52,54-58,60-62H,3-50H2,1-2H3. The largest absolute Gasteiger partial charge is 0.457 e. The molecule has 6 atom stereocenters. The van der Waals surface area contributed by atoms with Crippen molar-refractivity contribution >= 4 is 5.97 Å². The Kier molecular flexibility index (Phi) is 47.1. The van der Waals surface area contributed by atoms with Gasteiger partial charge in [0, 0.05) is 13.0 Å². The minimum Gasteiger partial charge on any atom is -0.457 e. The van der Waals surface area contributed by atoms with Crippen LogP contribution in [0.1, 0.15) is 296 Å². The first-order chi connectivity index (χ1) is 32.4. The fourth-order valence-corrected chi connectivity index (χ4v) is 9.50. The lowest BCUT2D eigenvalue weighted by Crippen LogP contribution is -2.59. The van der Waals surface area contributed by atoms with Crippen molar-refractivity contribution in [3.05, 3.63) is 0 Å². The Morgan fingerprint density at radius 1 is 0.424 bits per heavy atom. The van der Waals surface area contributed by atoms with Crippen LogP contribution in [0.3, 0.4) is 0 Å². The van der Waals surface area contributed by atoms with E-state index >= 15 is 0 Å². The Hall–Kier alpha value is -0.810. The SMILES string of the molecule is CCCCCCCCCCCCCCCCCCCCCCCCCCC(=O)OC(COCCCCCCCCCCCCCCCCCCCCC)COC1OC(CO)C(O)C(O)C1O. The number of aliphatic hydroxyl groups is 4. The van der Waals surface area contributed by atoms with Crippen molar-refractivity contribution in [2.75, 3.05) is 26.4 Å². The van der Waals surface area contributed by atoms with Gasteiger partial charge in [-0.1, -0.05) is 277 Å². The summed E-state index contributed by atoms with van der Waals surface area (Å²) in [5, 5.41) is 40.3. The van der Waals surface area contributed by atoms with E-state index in [-0.39, 0.29) is 19.2 Å². The summed E-state index contributed by atoms with van der Waals surface area (Å²) in [5.74, 6) is -0.302. The van der Waals surface area contributed by atoms with E-state index in [9.17, 15) is 25.2 Å². The molecule has 0 aromatic rings. The van der Waals surface area contributed by atoms with Crippen molar-refractivity contribution < 1.29 is 44.2 Å². The molecular formula is C57H112O9. The molecule has 0 radical (unpaired) electrons. The predicted molar refractivity (Wildman–Crippen MR) is 275 cm³/mol. The van der Waals surface area contributed by atoms with Gasteiger partial charge in [-0.25, -0.2) is 0 Å². The Bertz CT molecular complexity index is 982. The van der Waals surface area contributed by atoms with Gasteiger partial charge in [-0.15, -0.1) is 0 Å². The number of carbonyl (C=O) groups excluding carboxylic acids is 1. The molecule has 0 aromatic carbocycles. The molecule has 0 aliphatic carbocycles. The van der Waals surface area contributed by atoms with Crippen LogP contribution in [0.25, 0.3) is 0 Å². The zero-order valence-corrected chi connectivity index (χ0v) is 43.7. The fraction of sp³-hybridized carbons (Fsp3) is 0.982. The number of esters is 1. The van der Waals surface area contributed by atoms with Crippen molar-refractivity contribution in [1.82, 2.24) is 0 Å². The number of rotatable bonds is 52. The van der Waals surface area contributed by atoms with Gasteiger partial charge < -0.3 is 39.4 Å². The number of carbonyl (C=O) groups is 1. The molecular weight excluding hydrogens is 829 g/mol. The monoisotopic (exact) mass is 941 g/mol. The minimum absolute atomic E-state index is 0.104. The van der Waals surface area contributed by atoms with E-state index in [1.165, 1.54) is 244 Å². The highest BCUT2D eigenvalue weighted by Gasteiger charge is 2.44. The second-order valence-electron chi connectivity index (χ2n) is 20.5. The summed E-state index contributed by atoms with van der Waals surface area (Å²) in [5.41, 5.74) is 0. The highest BCUT2D eigenvalue weighted by molar-refractivity contribution is 5.69. The highest BCUT2D eigenvalue weighted by atomic mass is 16.7. The zero-order chi connectivity index (χ0) is 47.8. The van der Waals surface area contributed by atoms with Crippen LogP contribution < -0.4 is 0 Å². The van der Waals surface area contributed by atoms with Crippen molar-refractivity contribution in [3.63, 3.8) is 0 Å². The van der Waals surface area contributed by atoms with Crippen molar-refractivity contribution in [2.24, 2.45) is 0 Å². The number of hydrogen-bond donors (Lipinski definition) is 4. The molecule has 4 N–H and O–H groups in total. The number of aliphatic hydroxyl groups excluding tert-OH is 4. The third-order valence-electron chi connectivity index (χ3n) is 14.0. The van der Waals surface area contributed by atoms with Gasteiger partial charge in [-0.3, -0.25) is 4.79 Å². The van der Waals surface area contributed by atoms with E-state index in [1.807, 2.05) is 0 Å². The smallest absolute Gasteiger partial charge is 0.306 e. The third kappa shape index (κ3) is 39.0. The summed E-state index contributed by atoms with van der Waals surface area (Å²) < 4.78 is 23.0. The van der Waals surface area contributed by atoms with Crippen LogP contribution in [0.2, 0.25) is 0 Å². The lowest BCUT2D eigenvalue weighted by molar-refractivity contribution is -0.305. The zero-order valence-electron chi connectivity index (χ0n) is 43.7. The first-order valence-corrected chi connectivity index (χ1v) is 29.1. The lowest BCUT2D eigenvalue weighted by atomic mass is 9.99. The molecule has 394 valence electrons. The van der Waals surface area contributed by atoms with E-state index in [0.29, 0.717) is 13.0 Å². The van der Waals surface area contributed by atoms with E-state index in [0.717, 1.165) is 32.1 Å². The molecule has 1 aliphatic rings. The third-order valence-corrected chi connectivity index (χ3v) is 14.0. The van der Waals surface area contributed by atoms with Crippen molar-refractivity contribution in [2.45, 2.75) is 333 Å². The minimum atomic E-state index is -1.53. The topological polar surface area (TPSA) is 135 Å². The van der Waals surface area contributed by atoms with Crippen molar-refractivity contribution in [3.8, 4) is 0 Å². The maximum atomic E-state index is 12.9. The molecule has 9 heteroatoms. The Labute approximate surface area is 408 Å². The summed E-state index contributed by atoms with van der Waals surface area (Å²) in [6.45, 7) is 4.65. The van der Waals surface area contributed by atoms with Crippen LogP contribution in [0.4, 0.5) is 0 Å². The maximum absolute atomic E-state index is 12.9. The molecule has 1 fully saturated rings. The number of ether oxygens (including phenoxy) is 4. The van der Waals surface area contributed by atoms with Crippen LogP contribution in [-0.2, 0) is 23.7 Å². The maximum Gasteiger partial charge on any atom is 0.306 e. The summed E-state index contributed by atoms with van der Waals surface area (Å²) >= 11 is 0. The highest BCUT2D eigenvalue weighted by Crippen LogP contribution is 2.23. The molecule has 9 nitrogen and oxygen atoms in total. The average molecular weight is 942 g/mol. The molecule has 1 heterocycles. The molecule has 1 saturated heterocycles. The van der Waals surface area contributed by atoms with Crippen LogP contribution >= 0.6 is 0 Å². The van der Waals surface area contributed by atoms with Gasteiger partial charge in [-0.05, 0) is 12.8 Å². The van der Waals surface area contributed by atoms with Crippen LogP contribution in [-0.4, -0.2) is 89.6 Å². The first-order valence-electron chi connectivity index (χ1n) is 29.1. The summed E-state index contributed by atoms with van der Waals surface area (Å²) in [6, 6.07) is 0.